The molecule has 1 saturated heterocycles. The molecule has 0 N–H and O–H groups in total. The first-order chi connectivity index (χ1) is 12.9. The van der Waals surface area contributed by atoms with Crippen molar-refractivity contribution in [2.45, 2.75) is 53.3 Å². The number of rotatable bonds is 3. The lowest BCUT2D eigenvalue weighted by Crippen LogP contribution is -2.49. The van der Waals surface area contributed by atoms with Crippen LogP contribution in [-0.4, -0.2) is 40.4 Å². The van der Waals surface area contributed by atoms with E-state index in [9.17, 15) is 4.79 Å². The van der Waals surface area contributed by atoms with Crippen LogP contribution >= 0.6 is 0 Å². The molecule has 1 unspecified atom stereocenters. The van der Waals surface area contributed by atoms with Crippen molar-refractivity contribution in [1.29, 1.82) is 0 Å². The van der Waals surface area contributed by atoms with Crippen molar-refractivity contribution >= 4 is 11.6 Å². The molecule has 2 aliphatic heterocycles. The Morgan fingerprint density at radius 2 is 2.00 bits per heavy atom. The van der Waals surface area contributed by atoms with Crippen LogP contribution in [0.1, 0.15) is 35.2 Å². The van der Waals surface area contributed by atoms with E-state index in [-0.39, 0.29) is 11.7 Å². The predicted molar refractivity (Wildman–Crippen MR) is 107 cm³/mol. The maximum atomic E-state index is 13.0. The smallest absolute Gasteiger partial charge is 0.259 e. The molecule has 2 aliphatic rings. The Morgan fingerprint density at radius 3 is 2.70 bits per heavy atom. The highest BCUT2D eigenvalue weighted by atomic mass is 16.5. The molecule has 0 amide bonds. The van der Waals surface area contributed by atoms with E-state index >= 15 is 0 Å². The number of aromatic nitrogens is 2. The van der Waals surface area contributed by atoms with Gasteiger partial charge in [0.15, 0.2) is 0 Å². The normalized spacial score (nSPS) is 20.1. The summed E-state index contributed by atoms with van der Waals surface area (Å²) >= 11 is 0. The maximum absolute atomic E-state index is 13.0. The molecule has 0 bridgehead atoms. The number of hydrogen-bond acceptors (Lipinski definition) is 5. The second-order valence-corrected chi connectivity index (χ2v) is 7.84. The highest BCUT2D eigenvalue weighted by Gasteiger charge is 2.30. The van der Waals surface area contributed by atoms with Crippen molar-refractivity contribution in [1.82, 2.24) is 14.5 Å². The van der Waals surface area contributed by atoms with Crippen molar-refractivity contribution in [2.24, 2.45) is 0 Å². The second-order valence-electron chi connectivity index (χ2n) is 7.84. The summed E-state index contributed by atoms with van der Waals surface area (Å²) in [6.45, 7) is 10.9. The molecule has 0 spiro atoms. The van der Waals surface area contributed by atoms with Gasteiger partial charge in [0.1, 0.15) is 0 Å². The summed E-state index contributed by atoms with van der Waals surface area (Å²) < 4.78 is 7.64. The summed E-state index contributed by atoms with van der Waals surface area (Å²) in [4.78, 5) is 22.2. The van der Waals surface area contributed by atoms with Gasteiger partial charge >= 0.3 is 0 Å². The molecular formula is C21H28N4O2. The maximum Gasteiger partial charge on any atom is 0.259 e. The van der Waals surface area contributed by atoms with Crippen LogP contribution in [0.15, 0.2) is 23.0 Å². The highest BCUT2D eigenvalue weighted by Crippen LogP contribution is 2.31. The van der Waals surface area contributed by atoms with E-state index in [1.807, 2.05) is 13.8 Å². The van der Waals surface area contributed by atoms with Crippen LogP contribution in [0, 0.1) is 27.7 Å². The third-order valence-corrected chi connectivity index (χ3v) is 5.67. The van der Waals surface area contributed by atoms with Gasteiger partial charge in [-0.25, -0.2) is 4.98 Å². The zero-order valence-electron chi connectivity index (χ0n) is 16.7. The number of ether oxygens (including phenoxy) is 1. The predicted octanol–water partition coefficient (Wildman–Crippen LogP) is 3.02. The van der Waals surface area contributed by atoms with Gasteiger partial charge in [-0.05, 0) is 52.2 Å². The molecule has 144 valence electrons. The van der Waals surface area contributed by atoms with Crippen LogP contribution in [0.4, 0.5) is 11.6 Å². The Bertz CT molecular complexity index is 915. The molecule has 1 fully saturated rings. The highest BCUT2D eigenvalue weighted by molar-refractivity contribution is 5.63. The number of nitrogens with zero attached hydrogens (tertiary/aromatic N) is 4. The fourth-order valence-electron chi connectivity index (χ4n) is 4.07. The molecule has 2 aromatic rings. The Labute approximate surface area is 160 Å². The lowest BCUT2D eigenvalue weighted by molar-refractivity contribution is 0.0584. The van der Waals surface area contributed by atoms with Crippen molar-refractivity contribution in [3.63, 3.8) is 0 Å². The topological polar surface area (TPSA) is 50.6 Å². The molecule has 27 heavy (non-hydrogen) atoms. The van der Waals surface area contributed by atoms with Gasteiger partial charge < -0.3 is 4.74 Å². The molecule has 6 nitrogen and oxygen atoms in total. The Morgan fingerprint density at radius 1 is 1.19 bits per heavy atom. The quantitative estimate of drug-likeness (QED) is 0.834. The minimum Gasteiger partial charge on any atom is -0.377 e. The summed E-state index contributed by atoms with van der Waals surface area (Å²) in [6, 6.07) is 6.43. The average molecular weight is 368 g/mol. The number of benzene rings is 1. The van der Waals surface area contributed by atoms with Gasteiger partial charge in [-0.1, -0.05) is 17.7 Å². The van der Waals surface area contributed by atoms with Crippen LogP contribution in [0.5, 0.6) is 0 Å². The summed E-state index contributed by atoms with van der Waals surface area (Å²) in [5.74, 6) is 0.735. The minimum absolute atomic E-state index is 0.0457. The number of fused-ring (bicyclic) bond motifs is 1. The zero-order chi connectivity index (χ0) is 19.1. The van der Waals surface area contributed by atoms with Gasteiger partial charge in [-0.3, -0.25) is 19.2 Å². The second kappa shape index (κ2) is 7.09. The van der Waals surface area contributed by atoms with Crippen molar-refractivity contribution in [3.05, 3.63) is 50.9 Å². The van der Waals surface area contributed by atoms with Crippen LogP contribution < -0.4 is 10.5 Å². The Balaban J connectivity index is 1.78. The fraction of sp³-hybridized carbons (Fsp3) is 0.524. The lowest BCUT2D eigenvalue weighted by Gasteiger charge is -2.39. The summed E-state index contributed by atoms with van der Waals surface area (Å²) in [6.07, 6.45) is 2.46. The molecular weight excluding hydrogens is 340 g/mol. The zero-order valence-corrected chi connectivity index (χ0v) is 16.7. The van der Waals surface area contributed by atoms with Crippen molar-refractivity contribution in [3.8, 4) is 0 Å². The van der Waals surface area contributed by atoms with Crippen LogP contribution in [-0.2, 0) is 11.4 Å². The summed E-state index contributed by atoms with van der Waals surface area (Å²) in [7, 11) is 0. The van der Waals surface area contributed by atoms with Gasteiger partial charge in [0.25, 0.3) is 5.56 Å². The first-order valence-corrected chi connectivity index (χ1v) is 9.71. The number of aryl methyl sites for hydroxylation is 3. The first-order valence-electron chi connectivity index (χ1n) is 9.71. The van der Waals surface area contributed by atoms with Crippen LogP contribution in [0.2, 0.25) is 0 Å². The van der Waals surface area contributed by atoms with E-state index in [4.69, 9.17) is 9.72 Å². The van der Waals surface area contributed by atoms with Gasteiger partial charge in [0.05, 0.1) is 19.4 Å². The molecule has 0 radical (unpaired) electrons. The number of hydrogen-bond donors (Lipinski definition) is 0. The third-order valence-electron chi connectivity index (χ3n) is 5.67. The van der Waals surface area contributed by atoms with Crippen molar-refractivity contribution < 1.29 is 4.74 Å². The van der Waals surface area contributed by atoms with E-state index in [1.54, 1.807) is 4.57 Å². The van der Waals surface area contributed by atoms with E-state index in [0.29, 0.717) is 13.3 Å². The Kier molecular flexibility index (Phi) is 4.78. The monoisotopic (exact) mass is 368 g/mol. The fourth-order valence-corrected chi connectivity index (χ4v) is 4.07. The minimum atomic E-state index is 0.0457. The molecule has 1 atom stereocenters. The van der Waals surface area contributed by atoms with Crippen LogP contribution in [0.25, 0.3) is 0 Å². The van der Waals surface area contributed by atoms with Gasteiger partial charge in [0, 0.05) is 30.1 Å². The molecule has 0 aliphatic carbocycles. The summed E-state index contributed by atoms with van der Waals surface area (Å²) in [5, 5.41) is 0. The van der Waals surface area contributed by atoms with E-state index in [0.717, 1.165) is 48.9 Å². The molecule has 1 aromatic carbocycles. The van der Waals surface area contributed by atoms with E-state index in [2.05, 4.69) is 41.8 Å². The largest absolute Gasteiger partial charge is 0.377 e. The SMILES string of the molecule is Cc1ccc(N2CN(CC3CCCO3)Cn3c2nc(C)c(C)c3=O)c(C)c1. The number of anilines is 2. The van der Waals surface area contributed by atoms with Crippen molar-refractivity contribution in [2.75, 3.05) is 24.7 Å². The third kappa shape index (κ3) is 3.39. The van der Waals surface area contributed by atoms with Crippen LogP contribution in [0.3, 0.4) is 0 Å². The lowest BCUT2D eigenvalue weighted by atomic mass is 10.1. The van der Waals surface area contributed by atoms with E-state index < -0.39 is 0 Å². The molecule has 1 aromatic heterocycles. The Hall–Kier alpha value is -2.18. The molecule has 3 heterocycles. The summed E-state index contributed by atoms with van der Waals surface area (Å²) in [5.41, 5.74) is 5.08. The molecule has 0 saturated carbocycles. The van der Waals surface area contributed by atoms with Gasteiger partial charge in [-0.15, -0.1) is 0 Å². The van der Waals surface area contributed by atoms with E-state index in [1.165, 1.54) is 11.1 Å². The standard InChI is InChI=1S/C21H28N4O2/c1-14-7-8-19(15(2)10-14)24-12-23(11-18-6-5-9-27-18)13-25-20(26)16(3)17(4)22-21(24)25/h7-8,10,18H,5-6,9,11-13H2,1-4H3. The molecule has 6 heteroatoms. The van der Waals surface area contributed by atoms with Gasteiger partial charge in [0.2, 0.25) is 5.95 Å². The first kappa shape index (κ1) is 18.2. The average Bonchev–Trinajstić information content (AvgIpc) is 3.13. The molecule has 4 rings (SSSR count). The van der Waals surface area contributed by atoms with Gasteiger partial charge in [-0.2, -0.15) is 0 Å².